The Morgan fingerprint density at radius 3 is 1.90 bits per heavy atom. The number of nitriles is 2. The molecule has 0 aromatic carbocycles. The second kappa shape index (κ2) is 5.73. The van der Waals surface area contributed by atoms with Gasteiger partial charge in [0.2, 0.25) is 12.4 Å². The summed E-state index contributed by atoms with van der Waals surface area (Å²) in [5, 5.41) is 15.6. The first-order valence-electron chi connectivity index (χ1n) is 1.90. The predicted octanol–water partition coefficient (Wildman–Crippen LogP) is -0.352. The largest absolute Gasteiger partial charge is 0.747 e. The van der Waals surface area contributed by atoms with Crippen molar-refractivity contribution in [1.82, 2.24) is 11.0 Å². The molecule has 0 aliphatic carbocycles. The summed E-state index contributed by atoms with van der Waals surface area (Å²) in [7, 11) is -2.51. The lowest BCUT2D eigenvalue weighted by Gasteiger charge is -1.79. The van der Waals surface area contributed by atoms with Crippen LogP contribution >= 0.6 is 8.25 Å². The van der Waals surface area contributed by atoms with Gasteiger partial charge in [-0.05, 0) is 0 Å². The van der Waals surface area contributed by atoms with Crippen molar-refractivity contribution in [2.75, 3.05) is 0 Å². The Bertz CT molecular complexity index is 172. The van der Waals surface area contributed by atoms with E-state index in [1.165, 1.54) is 12.4 Å². The van der Waals surface area contributed by atoms with E-state index in [0.29, 0.717) is 0 Å². The van der Waals surface area contributed by atoms with E-state index >= 15 is 0 Å². The molecule has 0 aromatic heterocycles. The highest BCUT2D eigenvalue weighted by Crippen LogP contribution is 2.18. The van der Waals surface area contributed by atoms with Gasteiger partial charge in [-0.15, -0.1) is 11.0 Å². The third-order valence-electron chi connectivity index (χ3n) is 0.332. The van der Waals surface area contributed by atoms with Gasteiger partial charge in [-0.25, -0.2) is 0 Å². The quantitative estimate of drug-likeness (QED) is 0.251. The molecule has 0 bridgehead atoms. The molecule has 0 radical (unpaired) electrons. The molecule has 52 valence electrons. The van der Waals surface area contributed by atoms with Crippen molar-refractivity contribution in [1.29, 1.82) is 10.5 Å². The summed E-state index contributed by atoms with van der Waals surface area (Å²) in [5.74, 6) is 0. The maximum Gasteiger partial charge on any atom is 0.747 e. The van der Waals surface area contributed by atoms with Crippen LogP contribution in [0.3, 0.4) is 0 Å². The zero-order valence-corrected chi connectivity index (χ0v) is 5.46. The third kappa shape index (κ3) is 4.75. The molecule has 0 atom stereocenters. The molecule has 0 aliphatic heterocycles. The molecule has 0 heterocycles. The van der Waals surface area contributed by atoms with E-state index in [0.717, 1.165) is 0 Å². The molecular formula is C2H2N4O3P+. The SMILES string of the molecule is N#CNO[P+](=O)ONC#N. The minimum absolute atomic E-state index is 1.33. The number of hydroxylamine groups is 2. The van der Waals surface area contributed by atoms with Gasteiger partial charge >= 0.3 is 8.25 Å². The van der Waals surface area contributed by atoms with Crippen LogP contribution < -0.4 is 11.0 Å². The Balaban J connectivity index is 3.30. The smallest absolute Gasteiger partial charge is 0.171 e. The fourth-order valence-electron chi connectivity index (χ4n) is 0.134. The summed E-state index contributed by atoms with van der Waals surface area (Å²) in [6.45, 7) is 0. The van der Waals surface area contributed by atoms with Gasteiger partial charge in [0.05, 0.1) is 0 Å². The molecule has 0 fully saturated rings. The average molecular weight is 161 g/mol. The lowest BCUT2D eigenvalue weighted by molar-refractivity contribution is 0.162. The molecule has 0 unspecified atom stereocenters. The van der Waals surface area contributed by atoms with Crippen LogP contribution in [0, 0.1) is 22.9 Å². The van der Waals surface area contributed by atoms with Gasteiger partial charge < -0.3 is 0 Å². The minimum atomic E-state index is -2.51. The molecule has 0 rings (SSSR count). The van der Waals surface area contributed by atoms with Gasteiger partial charge in [0.25, 0.3) is 0 Å². The number of nitrogens with zero attached hydrogens (tertiary/aromatic N) is 2. The fraction of sp³-hybridized carbons (Fsp3) is 0. The van der Waals surface area contributed by atoms with E-state index in [-0.39, 0.29) is 0 Å². The van der Waals surface area contributed by atoms with E-state index < -0.39 is 8.25 Å². The third-order valence-corrected chi connectivity index (χ3v) is 0.812. The van der Waals surface area contributed by atoms with E-state index in [9.17, 15) is 4.57 Å². The zero-order chi connectivity index (χ0) is 7.82. The summed E-state index contributed by atoms with van der Waals surface area (Å²) < 4.78 is 18.1. The number of rotatable bonds is 4. The molecule has 10 heavy (non-hydrogen) atoms. The van der Waals surface area contributed by atoms with Gasteiger partial charge in [0, 0.05) is 13.8 Å². The van der Waals surface area contributed by atoms with Crippen LogP contribution in [0.1, 0.15) is 0 Å². The van der Waals surface area contributed by atoms with Gasteiger partial charge in [0.15, 0.2) is 0 Å². The van der Waals surface area contributed by atoms with Gasteiger partial charge in [-0.1, -0.05) is 0 Å². The minimum Gasteiger partial charge on any atom is -0.171 e. The first kappa shape index (κ1) is 8.60. The highest BCUT2D eigenvalue weighted by atomic mass is 31.1. The van der Waals surface area contributed by atoms with Crippen molar-refractivity contribution >= 4 is 8.25 Å². The van der Waals surface area contributed by atoms with E-state index in [4.69, 9.17) is 10.5 Å². The van der Waals surface area contributed by atoms with Crippen molar-refractivity contribution in [3.8, 4) is 12.4 Å². The summed E-state index contributed by atoms with van der Waals surface area (Å²) in [6.07, 6.45) is 2.66. The number of hydrogen-bond acceptors (Lipinski definition) is 7. The molecule has 0 saturated heterocycles. The zero-order valence-electron chi connectivity index (χ0n) is 4.57. The van der Waals surface area contributed by atoms with Crippen molar-refractivity contribution in [2.45, 2.75) is 0 Å². The van der Waals surface area contributed by atoms with Gasteiger partial charge in [0.1, 0.15) is 0 Å². The second-order valence-corrected chi connectivity index (χ2v) is 1.65. The Morgan fingerprint density at radius 1 is 1.20 bits per heavy atom. The molecular weight excluding hydrogens is 159 g/mol. The summed E-state index contributed by atoms with van der Waals surface area (Å²) in [5.41, 5.74) is 3.21. The van der Waals surface area contributed by atoms with Crippen LogP contribution in [-0.4, -0.2) is 0 Å². The van der Waals surface area contributed by atoms with Crippen molar-refractivity contribution in [3.63, 3.8) is 0 Å². The molecule has 0 saturated carbocycles. The Labute approximate surface area is 57.0 Å². The maximum atomic E-state index is 10.2. The lowest BCUT2D eigenvalue weighted by atomic mass is 11.5. The van der Waals surface area contributed by atoms with E-state index in [2.05, 4.69) is 9.25 Å². The molecule has 0 aliphatic rings. The molecule has 8 heteroatoms. The van der Waals surface area contributed by atoms with E-state index in [1.807, 2.05) is 0 Å². The topological polar surface area (TPSA) is 107 Å². The van der Waals surface area contributed by atoms with Crippen LogP contribution in [0.2, 0.25) is 0 Å². The van der Waals surface area contributed by atoms with Gasteiger partial charge in [-0.3, -0.25) is 0 Å². The monoisotopic (exact) mass is 161 g/mol. The molecule has 2 N–H and O–H groups in total. The first-order chi connectivity index (χ1) is 4.81. The fourth-order valence-corrected chi connectivity index (χ4v) is 0.402. The van der Waals surface area contributed by atoms with Crippen LogP contribution in [0.25, 0.3) is 0 Å². The first-order valence-corrected chi connectivity index (χ1v) is 3.00. The summed E-state index contributed by atoms with van der Waals surface area (Å²) >= 11 is 0. The Morgan fingerprint density at radius 2 is 1.60 bits per heavy atom. The van der Waals surface area contributed by atoms with Gasteiger partial charge in [-0.2, -0.15) is 10.5 Å². The highest BCUT2D eigenvalue weighted by molar-refractivity contribution is 7.33. The second-order valence-electron chi connectivity index (χ2n) is 0.834. The molecule has 7 nitrogen and oxygen atoms in total. The summed E-state index contributed by atoms with van der Waals surface area (Å²) in [4.78, 5) is 0. The van der Waals surface area contributed by atoms with Crippen LogP contribution in [0.4, 0.5) is 0 Å². The molecule has 0 amide bonds. The van der Waals surface area contributed by atoms with E-state index in [1.54, 1.807) is 11.0 Å². The Kier molecular flexibility index (Phi) is 4.93. The average Bonchev–Trinajstić information content (AvgIpc) is 1.97. The highest BCUT2D eigenvalue weighted by Gasteiger charge is 2.21. The Hall–Kier alpha value is -1.40. The normalized spacial score (nSPS) is 7.00. The van der Waals surface area contributed by atoms with Crippen molar-refractivity contribution < 1.29 is 13.8 Å². The summed E-state index contributed by atoms with van der Waals surface area (Å²) in [6, 6.07) is 0. The van der Waals surface area contributed by atoms with Crippen LogP contribution in [0.15, 0.2) is 0 Å². The van der Waals surface area contributed by atoms with Crippen LogP contribution in [-0.2, 0) is 13.8 Å². The standard InChI is InChI=1S/C2H2N4O3P/c3-1-5-8-10(7)9-6-2-4/h5-6H/q+1. The van der Waals surface area contributed by atoms with Crippen LogP contribution in [0.5, 0.6) is 0 Å². The number of hydrogen-bond donors (Lipinski definition) is 2. The maximum absolute atomic E-state index is 10.2. The molecule has 0 aromatic rings. The lowest BCUT2D eigenvalue weighted by Crippen LogP contribution is -2.05. The predicted molar refractivity (Wildman–Crippen MR) is 27.3 cm³/mol. The molecule has 0 spiro atoms. The van der Waals surface area contributed by atoms with Crippen molar-refractivity contribution in [2.24, 2.45) is 0 Å². The number of nitrogens with one attached hydrogen (secondary N) is 2. The van der Waals surface area contributed by atoms with Crippen molar-refractivity contribution in [3.05, 3.63) is 0 Å².